The van der Waals surface area contributed by atoms with E-state index in [0.717, 1.165) is 16.9 Å². The summed E-state index contributed by atoms with van der Waals surface area (Å²) in [6.45, 7) is 4.08. The second-order valence-electron chi connectivity index (χ2n) is 6.41. The molecule has 1 N–H and O–H groups in total. The number of nitrogens with zero attached hydrogens (tertiary/aromatic N) is 1. The molecule has 0 bridgehead atoms. The molecule has 0 saturated heterocycles. The third-order valence-electron chi connectivity index (χ3n) is 4.25. The van der Waals surface area contributed by atoms with Crippen LogP contribution >= 0.6 is 0 Å². The Morgan fingerprint density at radius 2 is 1.86 bits per heavy atom. The van der Waals surface area contributed by atoms with E-state index in [1.54, 1.807) is 6.07 Å². The van der Waals surface area contributed by atoms with Crippen LogP contribution in [0.15, 0.2) is 52.9 Å². The molecule has 0 atom stereocenters. The number of hydrogen-bond acceptors (Lipinski definition) is 6. The molecule has 0 aliphatic rings. The lowest BCUT2D eigenvalue weighted by Crippen LogP contribution is -2.11. The van der Waals surface area contributed by atoms with Gasteiger partial charge in [0, 0.05) is 12.1 Å². The first kappa shape index (κ1) is 19.9. The van der Waals surface area contributed by atoms with Crippen molar-refractivity contribution < 1.29 is 23.6 Å². The van der Waals surface area contributed by atoms with Crippen molar-refractivity contribution in [2.75, 3.05) is 12.4 Å². The number of ether oxygens (including phenoxy) is 2. The normalized spacial score (nSPS) is 10.4. The van der Waals surface area contributed by atoms with Gasteiger partial charge in [-0.2, -0.15) is 0 Å². The van der Waals surface area contributed by atoms with Crippen molar-refractivity contribution >= 4 is 17.3 Å². The number of para-hydroxylation sites is 1. The van der Waals surface area contributed by atoms with Crippen molar-refractivity contribution in [1.82, 2.24) is 0 Å². The number of anilines is 1. The number of furan rings is 1. The van der Waals surface area contributed by atoms with Gasteiger partial charge in [0.2, 0.25) is 0 Å². The first-order valence-corrected chi connectivity index (χ1v) is 8.80. The topological polar surface area (TPSA) is 104 Å². The molecular weight excluding hydrogens is 376 g/mol. The van der Waals surface area contributed by atoms with Crippen LogP contribution < -0.4 is 14.8 Å². The minimum atomic E-state index is -0.561. The SMILES string of the molecule is COc1cc(NC(=O)c2ccc(COc3c(C)cccc3C)o2)cc([N+](=O)[O-])c1. The van der Waals surface area contributed by atoms with E-state index in [1.807, 2.05) is 32.0 Å². The van der Waals surface area contributed by atoms with Crippen molar-refractivity contribution in [3.63, 3.8) is 0 Å². The highest BCUT2D eigenvalue weighted by molar-refractivity contribution is 6.02. The number of rotatable bonds is 7. The van der Waals surface area contributed by atoms with Crippen LogP contribution in [0.2, 0.25) is 0 Å². The van der Waals surface area contributed by atoms with E-state index >= 15 is 0 Å². The fourth-order valence-electron chi connectivity index (χ4n) is 2.82. The van der Waals surface area contributed by atoms with Gasteiger partial charge in [-0.3, -0.25) is 14.9 Å². The molecule has 0 spiro atoms. The molecule has 1 aromatic heterocycles. The lowest BCUT2D eigenvalue weighted by Gasteiger charge is -2.10. The molecule has 29 heavy (non-hydrogen) atoms. The largest absolute Gasteiger partial charge is 0.496 e. The van der Waals surface area contributed by atoms with E-state index in [-0.39, 0.29) is 29.5 Å². The number of nitro benzene ring substituents is 1. The number of non-ortho nitro benzene ring substituents is 1. The Bertz CT molecular complexity index is 1040. The van der Waals surface area contributed by atoms with E-state index in [1.165, 1.54) is 31.4 Å². The van der Waals surface area contributed by atoms with Crippen molar-refractivity contribution in [3.8, 4) is 11.5 Å². The molecule has 1 amide bonds. The second-order valence-corrected chi connectivity index (χ2v) is 6.41. The van der Waals surface area contributed by atoms with Crippen LogP contribution in [0.3, 0.4) is 0 Å². The number of nitro groups is 1. The summed E-state index contributed by atoms with van der Waals surface area (Å²) in [5, 5.41) is 13.6. The van der Waals surface area contributed by atoms with Gasteiger partial charge in [-0.05, 0) is 37.1 Å². The maximum absolute atomic E-state index is 12.4. The van der Waals surface area contributed by atoms with Gasteiger partial charge in [0.05, 0.1) is 23.8 Å². The van der Waals surface area contributed by atoms with Crippen LogP contribution in [0, 0.1) is 24.0 Å². The number of hydrogen-bond donors (Lipinski definition) is 1. The summed E-state index contributed by atoms with van der Waals surface area (Å²) < 4.78 is 16.4. The van der Waals surface area contributed by atoms with Gasteiger partial charge < -0.3 is 19.2 Å². The Labute approximate surface area is 167 Å². The average Bonchev–Trinajstić information content (AvgIpc) is 3.16. The molecular formula is C21H20N2O6. The first-order valence-electron chi connectivity index (χ1n) is 8.80. The van der Waals surface area contributed by atoms with Crippen LogP contribution in [0.5, 0.6) is 11.5 Å². The summed E-state index contributed by atoms with van der Waals surface area (Å²) in [7, 11) is 1.39. The fourth-order valence-corrected chi connectivity index (χ4v) is 2.82. The average molecular weight is 396 g/mol. The predicted octanol–water partition coefficient (Wildman–Crippen LogP) is 4.64. The zero-order valence-electron chi connectivity index (χ0n) is 16.2. The quantitative estimate of drug-likeness (QED) is 0.461. The van der Waals surface area contributed by atoms with E-state index < -0.39 is 10.8 Å². The van der Waals surface area contributed by atoms with Gasteiger partial charge in [0.1, 0.15) is 23.9 Å². The van der Waals surface area contributed by atoms with Crippen molar-refractivity contribution in [1.29, 1.82) is 0 Å². The smallest absolute Gasteiger partial charge is 0.291 e. The Morgan fingerprint density at radius 3 is 2.52 bits per heavy atom. The maximum atomic E-state index is 12.4. The Morgan fingerprint density at radius 1 is 1.14 bits per heavy atom. The predicted molar refractivity (Wildman–Crippen MR) is 107 cm³/mol. The highest BCUT2D eigenvalue weighted by atomic mass is 16.6. The first-order chi connectivity index (χ1) is 13.9. The van der Waals surface area contributed by atoms with E-state index in [2.05, 4.69) is 5.32 Å². The molecule has 2 aromatic carbocycles. The van der Waals surface area contributed by atoms with Crippen LogP contribution in [-0.2, 0) is 6.61 Å². The lowest BCUT2D eigenvalue weighted by molar-refractivity contribution is -0.384. The molecule has 0 aliphatic carbocycles. The van der Waals surface area contributed by atoms with Gasteiger partial charge in [0.25, 0.3) is 11.6 Å². The molecule has 1 heterocycles. The molecule has 0 fully saturated rings. The minimum Gasteiger partial charge on any atom is -0.496 e. The van der Waals surface area contributed by atoms with E-state index in [0.29, 0.717) is 5.76 Å². The number of benzene rings is 2. The number of carbonyl (C=O) groups excluding carboxylic acids is 1. The maximum Gasteiger partial charge on any atom is 0.291 e. The van der Waals surface area contributed by atoms with E-state index in [4.69, 9.17) is 13.9 Å². The van der Waals surface area contributed by atoms with Crippen molar-refractivity contribution in [2.24, 2.45) is 0 Å². The monoisotopic (exact) mass is 396 g/mol. The van der Waals surface area contributed by atoms with Crippen molar-refractivity contribution in [2.45, 2.75) is 20.5 Å². The van der Waals surface area contributed by atoms with Crippen LogP contribution in [0.4, 0.5) is 11.4 Å². The number of nitrogens with one attached hydrogen (secondary N) is 1. The van der Waals surface area contributed by atoms with Gasteiger partial charge >= 0.3 is 0 Å². The molecule has 150 valence electrons. The number of carbonyl (C=O) groups is 1. The summed E-state index contributed by atoms with van der Waals surface area (Å²) in [6.07, 6.45) is 0. The molecule has 0 unspecified atom stereocenters. The van der Waals surface area contributed by atoms with Gasteiger partial charge in [-0.15, -0.1) is 0 Å². The molecule has 3 rings (SSSR count). The highest BCUT2D eigenvalue weighted by Gasteiger charge is 2.16. The molecule has 8 heteroatoms. The Hall–Kier alpha value is -3.81. The van der Waals surface area contributed by atoms with Crippen molar-refractivity contribution in [3.05, 3.63) is 81.3 Å². The minimum absolute atomic E-state index is 0.0654. The highest BCUT2D eigenvalue weighted by Crippen LogP contribution is 2.27. The molecule has 0 saturated carbocycles. The Balaban J connectivity index is 1.70. The number of aryl methyl sites for hydroxylation is 2. The van der Waals surface area contributed by atoms with E-state index in [9.17, 15) is 14.9 Å². The summed E-state index contributed by atoms with van der Waals surface area (Å²) in [4.78, 5) is 22.9. The third kappa shape index (κ3) is 4.73. The third-order valence-corrected chi connectivity index (χ3v) is 4.25. The zero-order chi connectivity index (χ0) is 21.0. The van der Waals surface area contributed by atoms with Gasteiger partial charge in [-0.25, -0.2) is 0 Å². The van der Waals surface area contributed by atoms with Crippen LogP contribution in [0.25, 0.3) is 0 Å². The standard InChI is InChI=1S/C21H20N2O6/c1-13-5-4-6-14(2)20(13)28-12-17-7-8-19(29-17)21(24)22-15-9-16(23(25)26)11-18(10-15)27-3/h4-11H,12H2,1-3H3,(H,22,24). The van der Waals surface area contributed by atoms with Gasteiger partial charge in [0.15, 0.2) is 5.76 Å². The summed E-state index contributed by atoms with van der Waals surface area (Å²) in [6, 6.07) is 13.0. The number of methoxy groups -OCH3 is 1. The molecule has 0 aliphatic heterocycles. The Kier molecular flexibility index (Phi) is 5.82. The molecule has 0 radical (unpaired) electrons. The van der Waals surface area contributed by atoms with Crippen LogP contribution in [0.1, 0.15) is 27.4 Å². The fraction of sp³-hybridized carbons (Fsp3) is 0.190. The summed E-state index contributed by atoms with van der Waals surface area (Å²) in [5.74, 6) is 1.05. The van der Waals surface area contributed by atoms with Crippen LogP contribution in [-0.4, -0.2) is 17.9 Å². The molecule has 8 nitrogen and oxygen atoms in total. The second kappa shape index (κ2) is 8.47. The number of amides is 1. The molecule has 3 aromatic rings. The zero-order valence-corrected chi connectivity index (χ0v) is 16.2. The summed E-state index contributed by atoms with van der Waals surface area (Å²) >= 11 is 0. The van der Waals surface area contributed by atoms with Gasteiger partial charge in [-0.1, -0.05) is 18.2 Å². The summed E-state index contributed by atoms with van der Waals surface area (Å²) in [5.41, 5.74) is 2.05. The lowest BCUT2D eigenvalue weighted by atomic mass is 10.1.